The quantitative estimate of drug-likeness (QED) is 0.860. The molecule has 1 saturated carbocycles. The average molecular weight is 312 g/mol. The van der Waals surface area contributed by atoms with Crippen LogP contribution in [0.1, 0.15) is 24.8 Å². The molecule has 5 nitrogen and oxygen atoms in total. The lowest BCUT2D eigenvalue weighted by atomic mass is 9.75. The van der Waals surface area contributed by atoms with Crippen molar-refractivity contribution < 1.29 is 13.5 Å². The van der Waals surface area contributed by atoms with Gasteiger partial charge in [0, 0.05) is 19.1 Å². The van der Waals surface area contributed by atoms with Crippen molar-refractivity contribution in [1.29, 1.82) is 0 Å². The maximum Gasteiger partial charge on any atom is 0.243 e. The Morgan fingerprint density at radius 3 is 2.29 bits per heavy atom. The normalized spacial score (nSPS) is 18.0. The van der Waals surface area contributed by atoms with Crippen molar-refractivity contribution in [3.8, 4) is 0 Å². The lowest BCUT2D eigenvalue weighted by Gasteiger charge is -2.49. The van der Waals surface area contributed by atoms with Gasteiger partial charge in [-0.3, -0.25) is 0 Å². The molecule has 1 aromatic rings. The summed E-state index contributed by atoms with van der Waals surface area (Å²) in [6.07, 6.45) is 3.17. The Kier molecular flexibility index (Phi) is 4.72. The number of hydrogen-bond donors (Lipinski definition) is 1. The third kappa shape index (κ3) is 2.99. The van der Waals surface area contributed by atoms with Gasteiger partial charge in [-0.05, 0) is 45.0 Å². The molecule has 0 aliphatic heterocycles. The molecule has 1 fully saturated rings. The van der Waals surface area contributed by atoms with Crippen LogP contribution in [0.25, 0.3) is 0 Å². The molecular formula is C15H24N2O3S. The third-order valence-electron chi connectivity index (χ3n) is 4.58. The highest BCUT2D eigenvalue weighted by atomic mass is 32.2. The molecule has 0 spiro atoms. The summed E-state index contributed by atoms with van der Waals surface area (Å²) in [4.78, 5) is 2.32. The summed E-state index contributed by atoms with van der Waals surface area (Å²) in [5, 5.41) is 9.35. The summed E-state index contributed by atoms with van der Waals surface area (Å²) in [6.45, 7) is 0.199. The number of aliphatic hydroxyl groups is 1. The second-order valence-electron chi connectivity index (χ2n) is 6.00. The number of nitrogens with zero attached hydrogens (tertiary/aromatic N) is 2. The smallest absolute Gasteiger partial charge is 0.243 e. The first-order valence-corrected chi connectivity index (χ1v) is 8.60. The number of benzene rings is 1. The molecule has 6 heteroatoms. The van der Waals surface area contributed by atoms with E-state index < -0.39 is 10.0 Å². The third-order valence-corrected chi connectivity index (χ3v) is 6.48. The van der Waals surface area contributed by atoms with Gasteiger partial charge in [-0.25, -0.2) is 8.42 Å². The van der Waals surface area contributed by atoms with Crippen LogP contribution < -0.4 is 0 Å². The van der Waals surface area contributed by atoms with E-state index in [2.05, 4.69) is 4.90 Å². The summed E-state index contributed by atoms with van der Waals surface area (Å²) in [6, 6.07) is 6.62. The Hall–Kier alpha value is -0.950. The van der Waals surface area contributed by atoms with Gasteiger partial charge in [-0.15, -0.1) is 0 Å². The highest BCUT2D eigenvalue weighted by Crippen LogP contribution is 2.37. The first kappa shape index (κ1) is 16.4. The molecule has 0 amide bonds. The molecule has 0 bridgehead atoms. The molecule has 0 atom stereocenters. The van der Waals surface area contributed by atoms with Crippen molar-refractivity contribution in [2.45, 2.75) is 36.3 Å². The molecule has 118 valence electrons. The molecule has 1 aromatic carbocycles. The van der Waals surface area contributed by atoms with Crippen molar-refractivity contribution in [2.24, 2.45) is 0 Å². The Balaban J connectivity index is 2.27. The van der Waals surface area contributed by atoms with Gasteiger partial charge in [0.05, 0.1) is 11.5 Å². The van der Waals surface area contributed by atoms with Gasteiger partial charge in [-0.1, -0.05) is 18.2 Å². The molecule has 0 unspecified atom stereocenters. The Bertz CT molecular complexity index is 595. The van der Waals surface area contributed by atoms with E-state index in [-0.39, 0.29) is 17.0 Å². The average Bonchev–Trinajstić information content (AvgIpc) is 2.41. The van der Waals surface area contributed by atoms with Crippen LogP contribution >= 0.6 is 0 Å². The molecule has 21 heavy (non-hydrogen) atoms. The number of hydrogen-bond acceptors (Lipinski definition) is 4. The Morgan fingerprint density at radius 2 is 1.81 bits per heavy atom. The van der Waals surface area contributed by atoms with E-state index in [1.165, 1.54) is 4.31 Å². The zero-order valence-corrected chi connectivity index (χ0v) is 13.7. The first-order chi connectivity index (χ1) is 9.83. The van der Waals surface area contributed by atoms with Crippen LogP contribution in [0.5, 0.6) is 0 Å². The van der Waals surface area contributed by atoms with Crippen LogP contribution in [-0.2, 0) is 16.6 Å². The van der Waals surface area contributed by atoms with Crippen LogP contribution in [0.15, 0.2) is 29.2 Å². The number of likely N-dealkylation sites (N-methyl/N-ethyl adjacent to an activating group) is 2. The van der Waals surface area contributed by atoms with Crippen molar-refractivity contribution in [2.75, 3.05) is 27.7 Å². The summed E-state index contributed by atoms with van der Waals surface area (Å²) in [5.41, 5.74) is 0.382. The van der Waals surface area contributed by atoms with Crippen LogP contribution in [0.4, 0.5) is 0 Å². The van der Waals surface area contributed by atoms with E-state index in [0.717, 1.165) is 19.3 Å². The van der Waals surface area contributed by atoms with Crippen LogP contribution in [0, 0.1) is 0 Å². The fourth-order valence-electron chi connectivity index (χ4n) is 2.89. The molecule has 1 N–H and O–H groups in total. The van der Waals surface area contributed by atoms with Crippen molar-refractivity contribution in [3.05, 3.63) is 29.8 Å². The lowest BCUT2D eigenvalue weighted by molar-refractivity contribution is 0.0455. The van der Waals surface area contributed by atoms with Crippen LogP contribution in [-0.4, -0.2) is 56.0 Å². The number of sulfonamides is 1. The molecule has 0 heterocycles. The SMILES string of the molecule is CN(C)C1(CN(C)S(=O)(=O)c2ccccc2CO)CCC1. The number of rotatable bonds is 6. The monoisotopic (exact) mass is 312 g/mol. The highest BCUT2D eigenvalue weighted by molar-refractivity contribution is 7.89. The molecule has 0 saturated heterocycles. The second-order valence-corrected chi connectivity index (χ2v) is 8.01. The largest absolute Gasteiger partial charge is 0.392 e. The predicted octanol–water partition coefficient (Wildman–Crippen LogP) is 1.28. The molecular weight excluding hydrogens is 288 g/mol. The zero-order chi connectivity index (χ0) is 15.7. The standard InChI is InChI=1S/C15H24N2O3S/c1-16(2)15(9-6-10-15)12-17(3)21(19,20)14-8-5-4-7-13(14)11-18/h4-5,7-8,18H,6,9-12H2,1-3H3. The highest BCUT2D eigenvalue weighted by Gasteiger charge is 2.42. The minimum atomic E-state index is -3.58. The second kappa shape index (κ2) is 6.04. The fourth-order valence-corrected chi connectivity index (χ4v) is 4.35. The molecule has 1 aliphatic carbocycles. The number of aliphatic hydroxyl groups excluding tert-OH is 1. The van der Waals surface area contributed by atoms with Gasteiger partial charge in [0.1, 0.15) is 0 Å². The van der Waals surface area contributed by atoms with Gasteiger partial charge in [-0.2, -0.15) is 4.31 Å². The lowest BCUT2D eigenvalue weighted by Crippen LogP contribution is -2.57. The van der Waals surface area contributed by atoms with Gasteiger partial charge in [0.15, 0.2) is 0 Å². The molecule has 0 radical (unpaired) electrons. The zero-order valence-electron chi connectivity index (χ0n) is 12.9. The van der Waals surface area contributed by atoms with Crippen LogP contribution in [0.2, 0.25) is 0 Å². The van der Waals surface area contributed by atoms with Crippen molar-refractivity contribution in [3.63, 3.8) is 0 Å². The Labute approximate surface area is 127 Å². The predicted molar refractivity (Wildman–Crippen MR) is 82.4 cm³/mol. The van der Waals surface area contributed by atoms with E-state index in [0.29, 0.717) is 12.1 Å². The minimum absolute atomic E-state index is 0.0595. The van der Waals surface area contributed by atoms with E-state index >= 15 is 0 Å². The van der Waals surface area contributed by atoms with Crippen molar-refractivity contribution in [1.82, 2.24) is 9.21 Å². The summed E-state index contributed by atoms with van der Waals surface area (Å²) in [7, 11) is 2.04. The maximum atomic E-state index is 12.7. The van der Waals surface area contributed by atoms with Crippen molar-refractivity contribution >= 4 is 10.0 Å². The van der Waals surface area contributed by atoms with Gasteiger partial charge >= 0.3 is 0 Å². The summed E-state index contributed by atoms with van der Waals surface area (Å²) >= 11 is 0. The topological polar surface area (TPSA) is 60.9 Å². The molecule has 1 aliphatic rings. The molecule has 0 aromatic heterocycles. The fraction of sp³-hybridized carbons (Fsp3) is 0.600. The van der Waals surface area contributed by atoms with Gasteiger partial charge in [0.2, 0.25) is 10.0 Å². The summed E-state index contributed by atoms with van der Waals surface area (Å²) in [5.74, 6) is 0. The molecule has 2 rings (SSSR count). The van der Waals surface area contributed by atoms with E-state index in [1.807, 2.05) is 14.1 Å². The van der Waals surface area contributed by atoms with E-state index in [1.54, 1.807) is 31.3 Å². The van der Waals surface area contributed by atoms with Gasteiger partial charge < -0.3 is 10.0 Å². The van der Waals surface area contributed by atoms with E-state index in [9.17, 15) is 13.5 Å². The van der Waals surface area contributed by atoms with Gasteiger partial charge in [0.25, 0.3) is 0 Å². The first-order valence-electron chi connectivity index (χ1n) is 7.16. The Morgan fingerprint density at radius 1 is 1.19 bits per heavy atom. The minimum Gasteiger partial charge on any atom is -0.392 e. The van der Waals surface area contributed by atoms with E-state index in [4.69, 9.17) is 0 Å². The summed E-state index contributed by atoms with van der Waals surface area (Å²) < 4.78 is 26.9. The maximum absolute atomic E-state index is 12.7. The van der Waals surface area contributed by atoms with Crippen LogP contribution in [0.3, 0.4) is 0 Å².